The molecule has 146 valence electrons. The lowest BCUT2D eigenvalue weighted by molar-refractivity contribution is -0.121. The van der Waals surface area contributed by atoms with Crippen molar-refractivity contribution in [3.63, 3.8) is 0 Å². The Morgan fingerprint density at radius 1 is 1.00 bits per heavy atom. The number of nitrogens with zero attached hydrogens (tertiary/aromatic N) is 1. The highest BCUT2D eigenvalue weighted by atomic mass is 32.1. The summed E-state index contributed by atoms with van der Waals surface area (Å²) in [5.41, 5.74) is 1.47. The Bertz CT molecular complexity index is 1050. The number of amides is 3. The molecule has 1 fully saturated rings. The lowest BCUT2D eigenvalue weighted by atomic mass is 10.0. The smallest absolute Gasteiger partial charge is 0.252 e. The molecule has 0 saturated carbocycles. The van der Waals surface area contributed by atoms with Crippen LogP contribution in [0.25, 0.3) is 0 Å². The molecule has 1 unspecified atom stereocenters. The highest BCUT2D eigenvalue weighted by Gasteiger charge is 2.30. The molecule has 1 N–H and O–H groups in total. The molecule has 5 nitrogen and oxygen atoms in total. The molecule has 1 aromatic heterocycles. The van der Waals surface area contributed by atoms with Gasteiger partial charge in [-0.3, -0.25) is 19.3 Å². The summed E-state index contributed by atoms with van der Waals surface area (Å²) in [4.78, 5) is 39.0. The first-order valence-electron chi connectivity index (χ1n) is 9.08. The quantitative estimate of drug-likeness (QED) is 0.648. The molecule has 1 aliphatic heterocycles. The van der Waals surface area contributed by atoms with E-state index in [4.69, 9.17) is 0 Å². The van der Waals surface area contributed by atoms with Gasteiger partial charge in [0, 0.05) is 23.3 Å². The normalized spacial score (nSPS) is 14.9. The molecule has 4 rings (SSSR count). The van der Waals surface area contributed by atoms with Crippen molar-refractivity contribution in [1.82, 2.24) is 5.32 Å². The van der Waals surface area contributed by atoms with Crippen molar-refractivity contribution in [2.24, 2.45) is 0 Å². The summed E-state index contributed by atoms with van der Waals surface area (Å²) in [6.45, 7) is 0. The number of hydrogen-bond donors (Lipinski definition) is 1. The van der Waals surface area contributed by atoms with E-state index in [1.54, 1.807) is 30.3 Å². The van der Waals surface area contributed by atoms with Crippen molar-refractivity contribution in [3.05, 3.63) is 87.9 Å². The van der Waals surface area contributed by atoms with Gasteiger partial charge in [0.1, 0.15) is 5.82 Å². The molecule has 7 heteroatoms. The monoisotopic (exact) mass is 408 g/mol. The second kappa shape index (κ2) is 7.97. The minimum atomic E-state index is -0.443. The zero-order valence-corrected chi connectivity index (χ0v) is 16.1. The Labute approximate surface area is 170 Å². The zero-order valence-electron chi connectivity index (χ0n) is 15.3. The molecule has 1 atom stereocenters. The van der Waals surface area contributed by atoms with Gasteiger partial charge >= 0.3 is 0 Å². The fourth-order valence-corrected chi connectivity index (χ4v) is 4.10. The van der Waals surface area contributed by atoms with Gasteiger partial charge in [0.25, 0.3) is 5.91 Å². The number of imide groups is 1. The highest BCUT2D eigenvalue weighted by molar-refractivity contribution is 7.10. The van der Waals surface area contributed by atoms with Crippen LogP contribution in [0.5, 0.6) is 0 Å². The average Bonchev–Trinajstić information content (AvgIpc) is 3.37. The van der Waals surface area contributed by atoms with Gasteiger partial charge in [-0.15, -0.1) is 11.3 Å². The lowest BCUT2D eigenvalue weighted by Crippen LogP contribution is -2.30. The second-order valence-corrected chi connectivity index (χ2v) is 7.63. The molecule has 1 aliphatic rings. The van der Waals surface area contributed by atoms with E-state index in [-0.39, 0.29) is 36.4 Å². The Morgan fingerprint density at radius 2 is 1.72 bits per heavy atom. The van der Waals surface area contributed by atoms with E-state index in [9.17, 15) is 18.8 Å². The van der Waals surface area contributed by atoms with Crippen LogP contribution in [0.1, 0.15) is 39.7 Å². The van der Waals surface area contributed by atoms with Gasteiger partial charge in [-0.1, -0.05) is 24.3 Å². The molecule has 3 aromatic rings. The van der Waals surface area contributed by atoms with Crippen molar-refractivity contribution in [1.29, 1.82) is 0 Å². The van der Waals surface area contributed by atoms with Crippen molar-refractivity contribution in [2.75, 3.05) is 4.90 Å². The fourth-order valence-electron chi connectivity index (χ4n) is 3.29. The Kier molecular flexibility index (Phi) is 5.22. The van der Waals surface area contributed by atoms with Crippen LogP contribution in [0.4, 0.5) is 10.1 Å². The minimum absolute atomic E-state index is 0.181. The van der Waals surface area contributed by atoms with Crippen molar-refractivity contribution < 1.29 is 18.8 Å². The molecular formula is C22H17FN2O3S. The number of rotatable bonds is 5. The molecule has 3 amide bonds. The maximum Gasteiger partial charge on any atom is 0.252 e. The molecule has 29 heavy (non-hydrogen) atoms. The molecule has 1 saturated heterocycles. The zero-order chi connectivity index (χ0) is 20.4. The lowest BCUT2D eigenvalue weighted by Gasteiger charge is -2.19. The van der Waals surface area contributed by atoms with Crippen LogP contribution in [0, 0.1) is 5.82 Å². The topological polar surface area (TPSA) is 66.5 Å². The molecule has 0 radical (unpaired) electrons. The van der Waals surface area contributed by atoms with E-state index in [0.29, 0.717) is 11.3 Å². The molecule has 0 spiro atoms. The van der Waals surface area contributed by atoms with Gasteiger partial charge in [0.15, 0.2) is 0 Å². The van der Waals surface area contributed by atoms with E-state index in [0.717, 1.165) is 15.3 Å². The molecule has 2 heterocycles. The van der Waals surface area contributed by atoms with Gasteiger partial charge in [-0.25, -0.2) is 4.39 Å². The molecular weight excluding hydrogens is 391 g/mol. The van der Waals surface area contributed by atoms with Crippen LogP contribution in [-0.2, 0) is 9.59 Å². The van der Waals surface area contributed by atoms with E-state index in [1.807, 2.05) is 17.5 Å². The maximum absolute atomic E-state index is 13.3. The van der Waals surface area contributed by atoms with Crippen LogP contribution in [0.3, 0.4) is 0 Å². The predicted molar refractivity (Wildman–Crippen MR) is 108 cm³/mol. The van der Waals surface area contributed by atoms with E-state index in [1.165, 1.54) is 29.5 Å². The van der Waals surface area contributed by atoms with Crippen LogP contribution in [0.15, 0.2) is 66.0 Å². The number of halogens is 1. The Hall–Kier alpha value is -3.32. The van der Waals surface area contributed by atoms with Crippen LogP contribution in [0.2, 0.25) is 0 Å². The van der Waals surface area contributed by atoms with E-state index < -0.39 is 6.04 Å². The number of nitrogens with one attached hydrogen (secondary N) is 1. The van der Waals surface area contributed by atoms with E-state index >= 15 is 0 Å². The Morgan fingerprint density at radius 3 is 2.38 bits per heavy atom. The van der Waals surface area contributed by atoms with Gasteiger partial charge in [-0.05, 0) is 47.3 Å². The fraction of sp³-hybridized carbons (Fsp3) is 0.136. The van der Waals surface area contributed by atoms with Crippen LogP contribution >= 0.6 is 11.3 Å². The first-order valence-corrected chi connectivity index (χ1v) is 9.96. The van der Waals surface area contributed by atoms with Crippen molar-refractivity contribution in [3.8, 4) is 0 Å². The number of thiophene rings is 1. The largest absolute Gasteiger partial charge is 0.340 e. The summed E-state index contributed by atoms with van der Waals surface area (Å²) < 4.78 is 13.3. The number of anilines is 1. The summed E-state index contributed by atoms with van der Waals surface area (Å²) in [6.07, 6.45) is 0.362. The van der Waals surface area contributed by atoms with Gasteiger partial charge in [-0.2, -0.15) is 0 Å². The second-order valence-electron chi connectivity index (χ2n) is 6.65. The molecule has 0 bridgehead atoms. The highest BCUT2D eigenvalue weighted by Crippen LogP contribution is 2.28. The number of hydrogen-bond acceptors (Lipinski definition) is 4. The summed E-state index contributed by atoms with van der Waals surface area (Å²) >= 11 is 1.49. The summed E-state index contributed by atoms with van der Waals surface area (Å²) in [7, 11) is 0. The third-order valence-electron chi connectivity index (χ3n) is 4.72. The Balaban J connectivity index is 1.61. The minimum Gasteiger partial charge on any atom is -0.340 e. The van der Waals surface area contributed by atoms with Crippen LogP contribution in [-0.4, -0.2) is 17.7 Å². The standard InChI is InChI=1S/C22H17FN2O3S/c23-16-8-6-14(7-9-16)21(18-5-2-12-29-18)24-22(28)15-3-1-4-17(13-15)25-19(26)10-11-20(25)27/h1-9,12-13,21H,10-11H2,(H,24,28). The maximum atomic E-state index is 13.3. The number of benzene rings is 2. The van der Waals surface area contributed by atoms with Crippen LogP contribution < -0.4 is 10.2 Å². The number of carbonyl (C=O) groups is 3. The molecule has 2 aromatic carbocycles. The number of carbonyl (C=O) groups excluding carboxylic acids is 3. The average molecular weight is 408 g/mol. The first-order chi connectivity index (χ1) is 14.0. The van der Waals surface area contributed by atoms with Gasteiger partial charge in [0.05, 0.1) is 11.7 Å². The van der Waals surface area contributed by atoms with Crippen molar-refractivity contribution >= 4 is 34.7 Å². The predicted octanol–water partition coefficient (Wildman–Crippen LogP) is 4.06. The SMILES string of the molecule is O=C(NC(c1ccc(F)cc1)c1cccs1)c1cccc(N2C(=O)CCC2=O)c1. The van der Waals surface area contributed by atoms with E-state index in [2.05, 4.69) is 5.32 Å². The molecule has 0 aliphatic carbocycles. The van der Waals surface area contributed by atoms with Gasteiger partial charge < -0.3 is 5.32 Å². The third-order valence-corrected chi connectivity index (χ3v) is 5.66. The summed E-state index contributed by atoms with van der Waals surface area (Å²) in [5, 5.41) is 4.88. The third kappa shape index (κ3) is 3.95. The first kappa shape index (κ1) is 19.0. The van der Waals surface area contributed by atoms with Crippen molar-refractivity contribution in [2.45, 2.75) is 18.9 Å². The summed E-state index contributed by atoms with van der Waals surface area (Å²) in [5.74, 6) is -1.24. The summed E-state index contributed by atoms with van der Waals surface area (Å²) in [6, 6.07) is 15.8. The van der Waals surface area contributed by atoms with Gasteiger partial charge in [0.2, 0.25) is 11.8 Å².